The van der Waals surface area contributed by atoms with Gasteiger partial charge in [-0.2, -0.15) is 0 Å². The fourth-order valence-electron chi connectivity index (χ4n) is 1.94. The van der Waals surface area contributed by atoms with Crippen LogP contribution >= 0.6 is 0 Å². The summed E-state index contributed by atoms with van der Waals surface area (Å²) in [5.74, 6) is 0.105. The monoisotopic (exact) mass is 196 g/mol. The molecule has 1 rings (SSSR count). The van der Waals surface area contributed by atoms with E-state index in [9.17, 15) is 4.79 Å². The molecule has 0 spiro atoms. The van der Waals surface area contributed by atoms with E-state index in [0.29, 0.717) is 18.5 Å². The molecule has 0 aliphatic heterocycles. The summed E-state index contributed by atoms with van der Waals surface area (Å²) in [6, 6.07) is 1.02. The number of carbonyl (C=O) groups is 1. The lowest BCUT2D eigenvalue weighted by Gasteiger charge is -2.28. The SMILES string of the molecule is C=CCC(=O)NC1CCC(NC)CC1. The number of carbonyl (C=O) groups excluding carboxylic acids is 1. The first-order valence-electron chi connectivity index (χ1n) is 5.33. The number of amides is 1. The molecule has 3 heteroatoms. The second-order valence-electron chi connectivity index (χ2n) is 3.90. The van der Waals surface area contributed by atoms with Crippen LogP contribution in [-0.4, -0.2) is 25.0 Å². The molecule has 1 amide bonds. The van der Waals surface area contributed by atoms with Crippen molar-refractivity contribution in [2.24, 2.45) is 0 Å². The predicted molar refractivity (Wildman–Crippen MR) is 58.1 cm³/mol. The van der Waals surface area contributed by atoms with Gasteiger partial charge in [0.1, 0.15) is 0 Å². The topological polar surface area (TPSA) is 41.1 Å². The standard InChI is InChI=1S/C11H20N2O/c1-3-4-11(14)13-10-7-5-9(12-2)6-8-10/h3,9-10,12H,1,4-8H2,2H3,(H,13,14). The fraction of sp³-hybridized carbons (Fsp3) is 0.727. The van der Waals surface area contributed by atoms with E-state index in [1.54, 1.807) is 6.08 Å². The van der Waals surface area contributed by atoms with E-state index < -0.39 is 0 Å². The van der Waals surface area contributed by atoms with Gasteiger partial charge in [-0.15, -0.1) is 6.58 Å². The van der Waals surface area contributed by atoms with Crippen molar-refractivity contribution in [3.05, 3.63) is 12.7 Å². The molecule has 0 aromatic rings. The first-order chi connectivity index (χ1) is 6.76. The molecule has 3 nitrogen and oxygen atoms in total. The summed E-state index contributed by atoms with van der Waals surface area (Å²) in [6.45, 7) is 3.55. The van der Waals surface area contributed by atoms with Crippen LogP contribution in [0.2, 0.25) is 0 Å². The number of nitrogens with one attached hydrogen (secondary N) is 2. The van der Waals surface area contributed by atoms with Crippen LogP contribution in [-0.2, 0) is 4.79 Å². The molecule has 2 N–H and O–H groups in total. The van der Waals surface area contributed by atoms with Crippen molar-refractivity contribution in [3.8, 4) is 0 Å². The molecule has 0 bridgehead atoms. The van der Waals surface area contributed by atoms with Crippen LogP contribution in [0.4, 0.5) is 0 Å². The normalized spacial score (nSPS) is 26.9. The molecule has 0 heterocycles. The highest BCUT2D eigenvalue weighted by Crippen LogP contribution is 2.18. The molecule has 1 fully saturated rings. The lowest BCUT2D eigenvalue weighted by molar-refractivity contribution is -0.121. The molecule has 0 aromatic carbocycles. The Morgan fingerprint density at radius 2 is 1.93 bits per heavy atom. The van der Waals surface area contributed by atoms with E-state index in [1.807, 2.05) is 7.05 Å². The van der Waals surface area contributed by atoms with Gasteiger partial charge in [-0.05, 0) is 32.7 Å². The summed E-state index contributed by atoms with van der Waals surface area (Å²) in [4.78, 5) is 11.3. The minimum atomic E-state index is 0.105. The van der Waals surface area contributed by atoms with Gasteiger partial charge in [0.25, 0.3) is 0 Å². The second kappa shape index (κ2) is 5.81. The molecular formula is C11H20N2O. The van der Waals surface area contributed by atoms with Gasteiger partial charge in [0.2, 0.25) is 5.91 Å². The van der Waals surface area contributed by atoms with Gasteiger partial charge in [-0.25, -0.2) is 0 Å². The zero-order chi connectivity index (χ0) is 10.4. The van der Waals surface area contributed by atoms with Crippen molar-refractivity contribution >= 4 is 5.91 Å². The van der Waals surface area contributed by atoms with Crippen LogP contribution < -0.4 is 10.6 Å². The van der Waals surface area contributed by atoms with Crippen molar-refractivity contribution in [1.82, 2.24) is 10.6 Å². The van der Waals surface area contributed by atoms with E-state index in [-0.39, 0.29) is 5.91 Å². The van der Waals surface area contributed by atoms with Crippen LogP contribution in [0.5, 0.6) is 0 Å². The third kappa shape index (κ3) is 3.50. The van der Waals surface area contributed by atoms with Gasteiger partial charge in [-0.3, -0.25) is 4.79 Å². The first kappa shape index (κ1) is 11.2. The summed E-state index contributed by atoms with van der Waals surface area (Å²) in [5.41, 5.74) is 0. The van der Waals surface area contributed by atoms with Gasteiger partial charge in [0, 0.05) is 18.5 Å². The number of hydrogen-bond donors (Lipinski definition) is 2. The third-order valence-corrected chi connectivity index (χ3v) is 2.83. The summed E-state index contributed by atoms with van der Waals surface area (Å²) in [7, 11) is 2.00. The third-order valence-electron chi connectivity index (χ3n) is 2.83. The zero-order valence-electron chi connectivity index (χ0n) is 8.88. The van der Waals surface area contributed by atoms with Crippen LogP contribution in [0.15, 0.2) is 12.7 Å². The summed E-state index contributed by atoms with van der Waals surface area (Å²) in [5, 5.41) is 6.30. The Hall–Kier alpha value is -0.830. The maximum Gasteiger partial charge on any atom is 0.224 e. The Morgan fingerprint density at radius 3 is 2.43 bits per heavy atom. The Morgan fingerprint density at radius 1 is 1.36 bits per heavy atom. The summed E-state index contributed by atoms with van der Waals surface area (Å²) < 4.78 is 0. The van der Waals surface area contributed by atoms with Crippen molar-refractivity contribution < 1.29 is 4.79 Å². The average molecular weight is 196 g/mol. The van der Waals surface area contributed by atoms with Crippen molar-refractivity contribution in [2.45, 2.75) is 44.2 Å². The molecule has 80 valence electrons. The van der Waals surface area contributed by atoms with E-state index in [2.05, 4.69) is 17.2 Å². The van der Waals surface area contributed by atoms with Crippen molar-refractivity contribution in [3.63, 3.8) is 0 Å². The molecule has 0 unspecified atom stereocenters. The molecule has 14 heavy (non-hydrogen) atoms. The fourth-order valence-corrected chi connectivity index (χ4v) is 1.94. The van der Waals surface area contributed by atoms with Crippen LogP contribution in [0.1, 0.15) is 32.1 Å². The largest absolute Gasteiger partial charge is 0.353 e. The maximum absolute atomic E-state index is 11.3. The Bertz CT molecular complexity index is 195. The first-order valence-corrected chi connectivity index (χ1v) is 5.33. The molecular weight excluding hydrogens is 176 g/mol. The molecule has 1 aliphatic rings. The van der Waals surface area contributed by atoms with Crippen LogP contribution in [0, 0.1) is 0 Å². The van der Waals surface area contributed by atoms with Gasteiger partial charge in [0.05, 0.1) is 0 Å². The predicted octanol–water partition coefficient (Wildman–Crippen LogP) is 1.21. The second-order valence-corrected chi connectivity index (χ2v) is 3.90. The molecule has 0 saturated heterocycles. The molecule has 0 radical (unpaired) electrons. The Labute approximate surface area is 86.0 Å². The van der Waals surface area contributed by atoms with Crippen LogP contribution in [0.25, 0.3) is 0 Å². The zero-order valence-corrected chi connectivity index (χ0v) is 8.88. The van der Waals surface area contributed by atoms with Gasteiger partial charge >= 0.3 is 0 Å². The minimum Gasteiger partial charge on any atom is -0.353 e. The van der Waals surface area contributed by atoms with Gasteiger partial charge < -0.3 is 10.6 Å². The highest BCUT2D eigenvalue weighted by atomic mass is 16.1. The highest BCUT2D eigenvalue weighted by Gasteiger charge is 2.20. The lowest BCUT2D eigenvalue weighted by atomic mass is 9.91. The minimum absolute atomic E-state index is 0.105. The number of rotatable bonds is 4. The van der Waals surface area contributed by atoms with Crippen LogP contribution in [0.3, 0.4) is 0 Å². The molecule has 0 atom stereocenters. The van der Waals surface area contributed by atoms with Crippen molar-refractivity contribution in [1.29, 1.82) is 0 Å². The van der Waals surface area contributed by atoms with Gasteiger partial charge in [0.15, 0.2) is 0 Å². The van der Waals surface area contributed by atoms with E-state index in [0.717, 1.165) is 25.7 Å². The molecule has 0 aromatic heterocycles. The van der Waals surface area contributed by atoms with Crippen molar-refractivity contribution in [2.75, 3.05) is 7.05 Å². The highest BCUT2D eigenvalue weighted by molar-refractivity contribution is 5.77. The van der Waals surface area contributed by atoms with Gasteiger partial charge in [-0.1, -0.05) is 6.08 Å². The maximum atomic E-state index is 11.3. The van der Waals surface area contributed by atoms with E-state index in [4.69, 9.17) is 0 Å². The molecule has 1 aliphatic carbocycles. The summed E-state index contributed by atoms with van der Waals surface area (Å²) >= 11 is 0. The van der Waals surface area contributed by atoms with E-state index in [1.165, 1.54) is 0 Å². The quantitative estimate of drug-likeness (QED) is 0.664. The van der Waals surface area contributed by atoms with E-state index >= 15 is 0 Å². The Kier molecular flexibility index (Phi) is 4.66. The molecule has 1 saturated carbocycles. The Balaban J connectivity index is 2.21. The summed E-state index contributed by atoms with van der Waals surface area (Å²) in [6.07, 6.45) is 6.59. The average Bonchev–Trinajstić information content (AvgIpc) is 2.19. The smallest absolute Gasteiger partial charge is 0.224 e. The lowest BCUT2D eigenvalue weighted by Crippen LogP contribution is -2.41. The number of hydrogen-bond acceptors (Lipinski definition) is 2.